The number of nitrogens with one attached hydrogen (secondary N) is 1. The number of rotatable bonds is 8. The van der Waals surface area contributed by atoms with Crippen LogP contribution in [0, 0.1) is 16.0 Å². The second-order valence-electron chi connectivity index (χ2n) is 7.27. The Hall–Kier alpha value is -3.72. The Morgan fingerprint density at radius 3 is 2.53 bits per heavy atom. The highest BCUT2D eigenvalue weighted by Gasteiger charge is 2.27. The fraction of sp³-hybridized carbons (Fsp3) is 0.227. The average Bonchev–Trinajstić information content (AvgIpc) is 3.25. The van der Waals surface area contributed by atoms with Crippen molar-refractivity contribution in [2.45, 2.75) is 26.5 Å². The van der Waals surface area contributed by atoms with Crippen molar-refractivity contribution in [1.29, 1.82) is 0 Å². The molecule has 10 heteroatoms. The van der Waals surface area contributed by atoms with E-state index in [9.17, 15) is 19.7 Å². The van der Waals surface area contributed by atoms with Crippen molar-refractivity contribution in [3.63, 3.8) is 0 Å². The molecule has 0 unspecified atom stereocenters. The quantitative estimate of drug-likeness (QED) is 0.302. The van der Waals surface area contributed by atoms with Crippen LogP contribution in [-0.4, -0.2) is 28.0 Å². The molecule has 0 radical (unpaired) electrons. The predicted molar refractivity (Wildman–Crippen MR) is 116 cm³/mol. The van der Waals surface area contributed by atoms with E-state index in [-0.39, 0.29) is 28.8 Å². The van der Waals surface area contributed by atoms with Gasteiger partial charge in [-0.1, -0.05) is 60.9 Å². The number of ether oxygens (including phenoxy) is 1. The number of nitro benzene ring substituents is 1. The van der Waals surface area contributed by atoms with Crippen LogP contribution in [0.3, 0.4) is 0 Å². The first kappa shape index (κ1) is 23.0. The van der Waals surface area contributed by atoms with E-state index in [2.05, 4.69) is 10.5 Å². The van der Waals surface area contributed by atoms with Gasteiger partial charge in [0.1, 0.15) is 11.7 Å². The van der Waals surface area contributed by atoms with Gasteiger partial charge in [-0.3, -0.25) is 14.9 Å². The molecule has 0 spiro atoms. The number of hydrogen-bond donors (Lipinski definition) is 1. The normalized spacial score (nSPS) is 11.8. The molecule has 1 N–H and O–H groups in total. The van der Waals surface area contributed by atoms with Crippen molar-refractivity contribution in [1.82, 2.24) is 10.5 Å². The third kappa shape index (κ3) is 5.50. The topological polar surface area (TPSA) is 125 Å². The molecule has 1 atom stereocenters. The van der Waals surface area contributed by atoms with Gasteiger partial charge in [0, 0.05) is 23.8 Å². The number of nitro groups is 1. The number of aromatic nitrogens is 1. The number of halogens is 1. The van der Waals surface area contributed by atoms with Gasteiger partial charge in [0.2, 0.25) is 0 Å². The second kappa shape index (κ2) is 10.1. The van der Waals surface area contributed by atoms with Crippen LogP contribution in [0.1, 0.15) is 30.0 Å². The fourth-order valence-electron chi connectivity index (χ4n) is 2.88. The molecule has 1 aromatic heterocycles. The van der Waals surface area contributed by atoms with Gasteiger partial charge in [0.15, 0.2) is 12.4 Å². The molecule has 0 fully saturated rings. The summed E-state index contributed by atoms with van der Waals surface area (Å²) < 4.78 is 10.5. The SMILES string of the molecule is CC(C)[C@H](NC(=O)c1ccc([N+](=O)[O-])cc1Cl)C(=O)OCc1cc(-c2ccccc2)no1. The summed E-state index contributed by atoms with van der Waals surface area (Å²) in [6, 6.07) is 13.6. The molecule has 0 aliphatic rings. The second-order valence-corrected chi connectivity index (χ2v) is 7.68. The molecule has 1 amide bonds. The zero-order valence-electron chi connectivity index (χ0n) is 17.3. The Bertz CT molecular complexity index is 1130. The van der Waals surface area contributed by atoms with Gasteiger partial charge in [-0.15, -0.1) is 0 Å². The number of hydrogen-bond acceptors (Lipinski definition) is 7. The molecule has 0 aliphatic carbocycles. The van der Waals surface area contributed by atoms with Crippen molar-refractivity contribution in [2.24, 2.45) is 5.92 Å². The molecule has 166 valence electrons. The number of carbonyl (C=O) groups excluding carboxylic acids is 2. The molecule has 3 aromatic rings. The van der Waals surface area contributed by atoms with Crippen LogP contribution >= 0.6 is 11.6 Å². The summed E-state index contributed by atoms with van der Waals surface area (Å²) in [6.07, 6.45) is 0. The molecular formula is C22H20ClN3O6. The molecule has 0 saturated carbocycles. The van der Waals surface area contributed by atoms with Gasteiger partial charge in [0.05, 0.1) is 15.5 Å². The van der Waals surface area contributed by atoms with Crippen LogP contribution in [0.2, 0.25) is 5.02 Å². The molecule has 2 aromatic carbocycles. The summed E-state index contributed by atoms with van der Waals surface area (Å²) in [4.78, 5) is 35.4. The minimum atomic E-state index is -0.967. The molecule has 3 rings (SSSR count). The predicted octanol–water partition coefficient (Wildman–Crippen LogP) is 4.40. The lowest BCUT2D eigenvalue weighted by atomic mass is 10.0. The summed E-state index contributed by atoms with van der Waals surface area (Å²) in [5.74, 6) is -1.25. The van der Waals surface area contributed by atoms with Gasteiger partial charge >= 0.3 is 5.97 Å². The number of carbonyl (C=O) groups is 2. The lowest BCUT2D eigenvalue weighted by molar-refractivity contribution is -0.384. The van der Waals surface area contributed by atoms with E-state index in [1.807, 2.05) is 30.3 Å². The zero-order valence-corrected chi connectivity index (χ0v) is 18.0. The Labute approximate surface area is 188 Å². The van der Waals surface area contributed by atoms with Crippen LogP contribution in [0.25, 0.3) is 11.3 Å². The molecule has 9 nitrogen and oxygen atoms in total. The first-order chi connectivity index (χ1) is 15.3. The van der Waals surface area contributed by atoms with Crippen molar-refractivity contribution in [3.05, 3.63) is 81.1 Å². The first-order valence-corrected chi connectivity index (χ1v) is 10.1. The summed E-state index contributed by atoms with van der Waals surface area (Å²) >= 11 is 6.00. The van der Waals surface area contributed by atoms with Gasteiger partial charge in [-0.2, -0.15) is 0 Å². The minimum Gasteiger partial charge on any atom is -0.456 e. The van der Waals surface area contributed by atoms with E-state index in [1.54, 1.807) is 19.9 Å². The molecular weight excluding hydrogens is 438 g/mol. The third-order valence-electron chi connectivity index (χ3n) is 4.60. The summed E-state index contributed by atoms with van der Waals surface area (Å²) in [6.45, 7) is 3.33. The summed E-state index contributed by atoms with van der Waals surface area (Å²) in [5, 5.41) is 17.3. The standard InChI is InChI=1S/C22H20ClN3O6/c1-13(2)20(24-21(27)17-9-8-15(26(29)30)10-18(17)23)22(28)31-12-16-11-19(25-32-16)14-6-4-3-5-7-14/h3-11,13,20H,12H2,1-2H3,(H,24,27)/t20-/m0/s1. The van der Waals surface area contributed by atoms with E-state index in [1.165, 1.54) is 6.07 Å². The van der Waals surface area contributed by atoms with E-state index in [0.29, 0.717) is 11.5 Å². The smallest absolute Gasteiger partial charge is 0.329 e. The van der Waals surface area contributed by atoms with Crippen molar-refractivity contribution in [2.75, 3.05) is 0 Å². The molecule has 1 heterocycles. The van der Waals surface area contributed by atoms with Crippen molar-refractivity contribution < 1.29 is 23.8 Å². The van der Waals surface area contributed by atoms with Crippen LogP contribution in [-0.2, 0) is 16.1 Å². The summed E-state index contributed by atoms with van der Waals surface area (Å²) in [7, 11) is 0. The molecule has 0 aliphatic heterocycles. The lowest BCUT2D eigenvalue weighted by Crippen LogP contribution is -2.45. The van der Waals surface area contributed by atoms with Gasteiger partial charge in [0.25, 0.3) is 11.6 Å². The number of benzene rings is 2. The largest absolute Gasteiger partial charge is 0.456 e. The van der Waals surface area contributed by atoms with E-state index < -0.39 is 22.8 Å². The lowest BCUT2D eigenvalue weighted by Gasteiger charge is -2.20. The highest BCUT2D eigenvalue weighted by atomic mass is 35.5. The highest BCUT2D eigenvalue weighted by Crippen LogP contribution is 2.23. The summed E-state index contributed by atoms with van der Waals surface area (Å²) in [5.41, 5.74) is 1.24. The average molecular weight is 458 g/mol. The van der Waals surface area contributed by atoms with Crippen LogP contribution < -0.4 is 5.32 Å². The maximum Gasteiger partial charge on any atom is 0.329 e. The van der Waals surface area contributed by atoms with Gasteiger partial charge < -0.3 is 14.6 Å². The van der Waals surface area contributed by atoms with Crippen LogP contribution in [0.5, 0.6) is 0 Å². The monoisotopic (exact) mass is 457 g/mol. The first-order valence-electron chi connectivity index (χ1n) is 9.68. The number of esters is 1. The fourth-order valence-corrected chi connectivity index (χ4v) is 3.14. The van der Waals surface area contributed by atoms with Crippen LogP contribution in [0.4, 0.5) is 5.69 Å². The Balaban J connectivity index is 1.64. The van der Waals surface area contributed by atoms with Gasteiger partial charge in [-0.25, -0.2) is 4.79 Å². The molecule has 0 bridgehead atoms. The van der Waals surface area contributed by atoms with E-state index >= 15 is 0 Å². The van der Waals surface area contributed by atoms with Crippen LogP contribution in [0.15, 0.2) is 59.1 Å². The highest BCUT2D eigenvalue weighted by molar-refractivity contribution is 6.34. The van der Waals surface area contributed by atoms with E-state index in [4.69, 9.17) is 20.9 Å². The van der Waals surface area contributed by atoms with Crippen molar-refractivity contribution in [3.8, 4) is 11.3 Å². The maximum atomic E-state index is 12.6. The van der Waals surface area contributed by atoms with E-state index in [0.717, 1.165) is 17.7 Å². The Morgan fingerprint density at radius 2 is 1.91 bits per heavy atom. The van der Waals surface area contributed by atoms with Gasteiger partial charge in [-0.05, 0) is 12.0 Å². The zero-order chi connectivity index (χ0) is 23.3. The Kier molecular flexibility index (Phi) is 7.21. The number of amides is 1. The number of nitrogens with zero attached hydrogens (tertiary/aromatic N) is 2. The minimum absolute atomic E-state index is 0.0125. The molecule has 32 heavy (non-hydrogen) atoms. The Morgan fingerprint density at radius 1 is 1.19 bits per heavy atom. The molecule has 0 saturated heterocycles. The third-order valence-corrected chi connectivity index (χ3v) is 4.91. The number of non-ortho nitro benzene ring substituents is 1. The maximum absolute atomic E-state index is 12.6. The van der Waals surface area contributed by atoms with Crippen molar-refractivity contribution >= 4 is 29.2 Å².